The van der Waals surface area contributed by atoms with E-state index in [0.717, 1.165) is 44.9 Å². The first-order valence-corrected chi connectivity index (χ1v) is 13.6. The van der Waals surface area contributed by atoms with Crippen LogP contribution in [0.2, 0.25) is 0 Å². The maximum atomic E-state index is 15.1. The van der Waals surface area contributed by atoms with Gasteiger partial charge in [-0.15, -0.1) is 0 Å². The van der Waals surface area contributed by atoms with Gasteiger partial charge in [-0.2, -0.15) is 0 Å². The molecule has 0 N–H and O–H groups in total. The predicted octanol–water partition coefficient (Wildman–Crippen LogP) is 9.29. The van der Waals surface area contributed by atoms with E-state index in [1.165, 1.54) is 24.6 Å². The molecule has 36 heavy (non-hydrogen) atoms. The van der Waals surface area contributed by atoms with Crippen LogP contribution in [0.1, 0.15) is 88.7 Å². The van der Waals surface area contributed by atoms with Gasteiger partial charge < -0.3 is 4.74 Å². The number of benzene rings is 2. The van der Waals surface area contributed by atoms with Gasteiger partial charge in [-0.25, -0.2) is 17.6 Å². The van der Waals surface area contributed by atoms with Gasteiger partial charge in [-0.3, -0.25) is 0 Å². The highest BCUT2D eigenvalue weighted by molar-refractivity contribution is 5.66. The quantitative estimate of drug-likeness (QED) is 0.258. The zero-order valence-corrected chi connectivity index (χ0v) is 21.5. The van der Waals surface area contributed by atoms with Crippen molar-refractivity contribution in [1.29, 1.82) is 0 Å². The molecule has 5 heteroatoms. The van der Waals surface area contributed by atoms with E-state index >= 15 is 13.2 Å². The first-order valence-electron chi connectivity index (χ1n) is 13.6. The van der Waals surface area contributed by atoms with Crippen LogP contribution in [0.15, 0.2) is 36.4 Å². The van der Waals surface area contributed by atoms with Gasteiger partial charge in [0.15, 0.2) is 23.3 Å². The van der Waals surface area contributed by atoms with Crippen molar-refractivity contribution in [3.63, 3.8) is 0 Å². The Morgan fingerprint density at radius 2 is 1.44 bits per heavy atom. The molecule has 0 spiro atoms. The molecule has 196 valence electrons. The maximum Gasteiger partial charge on any atom is 0.167 e. The summed E-state index contributed by atoms with van der Waals surface area (Å²) in [7, 11) is 0. The summed E-state index contributed by atoms with van der Waals surface area (Å²) in [5, 5.41) is 0. The smallest absolute Gasteiger partial charge is 0.167 e. The second-order valence-corrected chi connectivity index (χ2v) is 10.6. The van der Waals surface area contributed by atoms with Crippen LogP contribution in [0, 0.1) is 35.1 Å². The minimum Gasteiger partial charge on any atom is -0.374 e. The Kier molecular flexibility index (Phi) is 9.27. The molecule has 2 atom stereocenters. The summed E-state index contributed by atoms with van der Waals surface area (Å²) in [4.78, 5) is 0. The number of hydrogen-bond acceptors (Lipinski definition) is 1. The van der Waals surface area contributed by atoms with Gasteiger partial charge in [-0.05, 0) is 87.2 Å². The average molecular weight is 503 g/mol. The molecule has 0 aromatic heterocycles. The second kappa shape index (κ2) is 12.4. The summed E-state index contributed by atoms with van der Waals surface area (Å²) in [5.74, 6) is -3.18. The Balaban J connectivity index is 1.44. The van der Waals surface area contributed by atoms with Crippen LogP contribution in [-0.4, -0.2) is 12.7 Å². The van der Waals surface area contributed by atoms with E-state index in [-0.39, 0.29) is 28.7 Å². The Labute approximate surface area is 212 Å². The maximum absolute atomic E-state index is 15.1. The normalized spacial score (nSPS) is 24.9. The molecular formula is C31H38F4O. The summed E-state index contributed by atoms with van der Waals surface area (Å²) < 4.78 is 66.0. The van der Waals surface area contributed by atoms with E-state index in [1.54, 1.807) is 6.07 Å². The van der Waals surface area contributed by atoms with Crippen molar-refractivity contribution in [3.05, 3.63) is 70.8 Å². The number of ether oxygens (including phenoxy) is 1. The van der Waals surface area contributed by atoms with Crippen molar-refractivity contribution < 1.29 is 22.3 Å². The summed E-state index contributed by atoms with van der Waals surface area (Å²) in [6.07, 6.45) is 13.1. The largest absolute Gasteiger partial charge is 0.374 e. The highest BCUT2D eigenvalue weighted by Crippen LogP contribution is 2.40. The second-order valence-electron chi connectivity index (χ2n) is 10.6. The third kappa shape index (κ3) is 6.04. The highest BCUT2D eigenvalue weighted by Gasteiger charge is 2.27. The molecule has 1 saturated heterocycles. The molecule has 1 saturated carbocycles. The van der Waals surface area contributed by atoms with Crippen LogP contribution in [0.5, 0.6) is 0 Å². The van der Waals surface area contributed by atoms with E-state index < -0.39 is 23.3 Å². The van der Waals surface area contributed by atoms with E-state index in [1.807, 2.05) is 19.1 Å². The van der Waals surface area contributed by atoms with Gasteiger partial charge >= 0.3 is 0 Å². The third-order valence-corrected chi connectivity index (χ3v) is 8.18. The molecule has 1 nitrogen and oxygen atoms in total. The zero-order valence-electron chi connectivity index (χ0n) is 21.5. The van der Waals surface area contributed by atoms with Crippen LogP contribution in [0.3, 0.4) is 0 Å². The Hall–Kier alpha value is -2.14. The molecule has 2 fully saturated rings. The summed E-state index contributed by atoms with van der Waals surface area (Å²) >= 11 is 0. The molecule has 1 heterocycles. The Morgan fingerprint density at radius 3 is 2.08 bits per heavy atom. The monoisotopic (exact) mass is 502 g/mol. The standard InChI is InChI=1S/C31H38F4O/c1-3-5-20-7-11-22(12-8-20)25-17-18-27(31(35)29(25)33)26-16-14-23(28(32)30(26)34)13-9-21-10-15-24(6-4-2)36-19-21/h4,6,14,16-18,20-22,24H,3,5,7-13,15,19H2,1-2H3/b6-4+. The Bertz CT molecular complexity index is 1050. The lowest BCUT2D eigenvalue weighted by Crippen LogP contribution is -2.24. The average Bonchev–Trinajstić information content (AvgIpc) is 2.89. The predicted molar refractivity (Wildman–Crippen MR) is 137 cm³/mol. The lowest BCUT2D eigenvalue weighted by atomic mass is 9.77. The molecule has 2 aromatic rings. The van der Waals surface area contributed by atoms with Crippen molar-refractivity contribution >= 4 is 0 Å². The lowest BCUT2D eigenvalue weighted by molar-refractivity contribution is 0.00856. The molecule has 2 aliphatic rings. The van der Waals surface area contributed by atoms with Crippen molar-refractivity contribution in [2.45, 2.75) is 90.1 Å². The lowest BCUT2D eigenvalue weighted by Gasteiger charge is -2.29. The van der Waals surface area contributed by atoms with E-state index in [2.05, 4.69) is 6.92 Å². The fraction of sp³-hybridized carbons (Fsp3) is 0.548. The van der Waals surface area contributed by atoms with Gasteiger partial charge in [0.05, 0.1) is 12.7 Å². The fourth-order valence-electron chi connectivity index (χ4n) is 6.03. The van der Waals surface area contributed by atoms with E-state index in [9.17, 15) is 4.39 Å². The van der Waals surface area contributed by atoms with Gasteiger partial charge in [0.25, 0.3) is 0 Å². The molecule has 0 radical (unpaired) electrons. The van der Waals surface area contributed by atoms with Crippen LogP contribution in [0.25, 0.3) is 11.1 Å². The van der Waals surface area contributed by atoms with Crippen molar-refractivity contribution in [2.75, 3.05) is 6.61 Å². The number of hydrogen-bond donors (Lipinski definition) is 0. The molecule has 2 aromatic carbocycles. The minimum atomic E-state index is -1.12. The number of allylic oxidation sites excluding steroid dienone is 1. The van der Waals surface area contributed by atoms with E-state index in [0.29, 0.717) is 36.8 Å². The molecule has 2 unspecified atom stereocenters. The summed E-state index contributed by atoms with van der Waals surface area (Å²) in [5.41, 5.74) is 0.152. The molecular weight excluding hydrogens is 464 g/mol. The molecule has 0 bridgehead atoms. The highest BCUT2D eigenvalue weighted by atomic mass is 19.2. The topological polar surface area (TPSA) is 9.23 Å². The first-order chi connectivity index (χ1) is 17.4. The summed E-state index contributed by atoms with van der Waals surface area (Å²) in [6.45, 7) is 4.74. The number of rotatable bonds is 8. The first kappa shape index (κ1) is 26.9. The Morgan fingerprint density at radius 1 is 0.778 bits per heavy atom. The third-order valence-electron chi connectivity index (χ3n) is 8.18. The van der Waals surface area contributed by atoms with Crippen LogP contribution in [-0.2, 0) is 11.2 Å². The number of aryl methyl sites for hydroxylation is 1. The fourth-order valence-corrected chi connectivity index (χ4v) is 6.03. The van der Waals surface area contributed by atoms with Gasteiger partial charge in [0.2, 0.25) is 0 Å². The molecule has 1 aliphatic carbocycles. The zero-order chi connectivity index (χ0) is 25.7. The molecule has 4 rings (SSSR count). The summed E-state index contributed by atoms with van der Waals surface area (Å²) in [6, 6.07) is 5.85. The van der Waals surface area contributed by atoms with E-state index in [4.69, 9.17) is 4.74 Å². The van der Waals surface area contributed by atoms with Crippen LogP contribution < -0.4 is 0 Å². The van der Waals surface area contributed by atoms with Crippen LogP contribution >= 0.6 is 0 Å². The van der Waals surface area contributed by atoms with Gasteiger partial charge in [-0.1, -0.05) is 56.2 Å². The van der Waals surface area contributed by atoms with Gasteiger partial charge in [0.1, 0.15) is 0 Å². The van der Waals surface area contributed by atoms with Crippen molar-refractivity contribution in [1.82, 2.24) is 0 Å². The minimum absolute atomic E-state index is 0.0253. The van der Waals surface area contributed by atoms with Crippen LogP contribution in [0.4, 0.5) is 17.6 Å². The molecule has 1 aliphatic heterocycles. The van der Waals surface area contributed by atoms with Crippen molar-refractivity contribution in [3.8, 4) is 11.1 Å². The van der Waals surface area contributed by atoms with Crippen molar-refractivity contribution in [2.24, 2.45) is 11.8 Å². The molecule has 0 amide bonds. The number of halogens is 4. The van der Waals surface area contributed by atoms with Gasteiger partial charge in [0, 0.05) is 11.1 Å². The SMILES string of the molecule is C/C=C/C1CCC(CCc2ccc(-c3ccc(C4CCC(CCC)CC4)c(F)c3F)c(F)c2F)CO1.